The first-order valence-corrected chi connectivity index (χ1v) is 10.3. The van der Waals surface area contributed by atoms with E-state index in [9.17, 15) is 14.7 Å². The number of hydrogen-bond donors (Lipinski definition) is 1. The normalized spacial score (nSPS) is 22.8. The Labute approximate surface area is 184 Å². The van der Waals surface area contributed by atoms with Crippen LogP contribution in [0.3, 0.4) is 0 Å². The first kappa shape index (κ1) is 19.6. The van der Waals surface area contributed by atoms with E-state index in [0.29, 0.717) is 10.7 Å². The molecule has 31 heavy (non-hydrogen) atoms. The van der Waals surface area contributed by atoms with Crippen molar-refractivity contribution in [3.05, 3.63) is 88.9 Å². The van der Waals surface area contributed by atoms with Crippen molar-refractivity contribution in [2.24, 2.45) is 5.92 Å². The maximum atomic E-state index is 13.5. The number of aromatic hydroxyl groups is 1. The van der Waals surface area contributed by atoms with Crippen molar-refractivity contribution in [1.29, 1.82) is 0 Å². The Kier molecular flexibility index (Phi) is 4.68. The largest absolute Gasteiger partial charge is 0.508 e. The van der Waals surface area contributed by atoms with Crippen LogP contribution in [0, 0.1) is 12.8 Å². The van der Waals surface area contributed by atoms with Gasteiger partial charge in [-0.25, -0.2) is 9.96 Å². The molecule has 5 rings (SSSR count). The highest BCUT2D eigenvalue weighted by molar-refractivity contribution is 6.32. The number of halogens is 1. The number of fused-ring (bicyclic) bond motifs is 1. The first-order valence-electron chi connectivity index (χ1n) is 9.89. The van der Waals surface area contributed by atoms with Crippen molar-refractivity contribution >= 4 is 34.8 Å². The molecule has 1 N–H and O–H groups in total. The summed E-state index contributed by atoms with van der Waals surface area (Å²) in [5, 5.41) is 11.8. The highest BCUT2D eigenvalue weighted by Gasteiger charge is 2.60. The zero-order chi connectivity index (χ0) is 21.7. The predicted octanol–water partition coefficient (Wildman–Crippen LogP) is 4.41. The van der Waals surface area contributed by atoms with Crippen LogP contribution in [-0.4, -0.2) is 23.0 Å². The van der Waals surface area contributed by atoms with Crippen LogP contribution in [0.2, 0.25) is 5.02 Å². The summed E-state index contributed by atoms with van der Waals surface area (Å²) in [5.41, 5.74) is 2.79. The molecule has 2 aliphatic heterocycles. The average molecular weight is 435 g/mol. The van der Waals surface area contributed by atoms with Crippen molar-refractivity contribution in [3.8, 4) is 5.75 Å². The van der Waals surface area contributed by atoms with Gasteiger partial charge in [0.15, 0.2) is 6.10 Å². The summed E-state index contributed by atoms with van der Waals surface area (Å²) >= 11 is 6.24. The number of rotatable bonds is 3. The molecule has 156 valence electrons. The van der Waals surface area contributed by atoms with Gasteiger partial charge in [0.05, 0.1) is 17.4 Å². The Morgan fingerprint density at radius 1 is 0.903 bits per heavy atom. The summed E-state index contributed by atoms with van der Waals surface area (Å²) in [4.78, 5) is 34.0. The molecule has 3 aromatic rings. The van der Waals surface area contributed by atoms with Crippen molar-refractivity contribution in [2.45, 2.75) is 19.1 Å². The third-order valence-corrected chi connectivity index (χ3v) is 6.18. The fraction of sp³-hybridized carbons (Fsp3) is 0.167. The molecular weight excluding hydrogens is 416 g/mol. The number of phenols is 1. The Morgan fingerprint density at radius 2 is 1.61 bits per heavy atom. The van der Waals surface area contributed by atoms with Gasteiger partial charge in [0.1, 0.15) is 11.7 Å². The number of para-hydroxylation sites is 1. The quantitative estimate of drug-likeness (QED) is 0.618. The molecule has 3 atom stereocenters. The lowest BCUT2D eigenvalue weighted by Crippen LogP contribution is -2.37. The number of anilines is 2. The van der Waals surface area contributed by atoms with Crippen molar-refractivity contribution in [3.63, 3.8) is 0 Å². The highest BCUT2D eigenvalue weighted by atomic mass is 35.5. The van der Waals surface area contributed by atoms with Crippen molar-refractivity contribution in [1.82, 2.24) is 0 Å². The van der Waals surface area contributed by atoms with E-state index in [1.54, 1.807) is 47.5 Å². The topological polar surface area (TPSA) is 70.1 Å². The van der Waals surface area contributed by atoms with Gasteiger partial charge < -0.3 is 5.11 Å². The summed E-state index contributed by atoms with van der Waals surface area (Å²) in [6.07, 6.45) is -0.952. The molecule has 2 amide bonds. The van der Waals surface area contributed by atoms with Gasteiger partial charge in [-0.15, -0.1) is 0 Å². The number of nitrogens with zero attached hydrogens (tertiary/aromatic N) is 2. The molecule has 2 fully saturated rings. The summed E-state index contributed by atoms with van der Waals surface area (Å²) < 4.78 is 0. The minimum Gasteiger partial charge on any atom is -0.508 e. The molecule has 2 aliphatic rings. The fourth-order valence-corrected chi connectivity index (χ4v) is 4.37. The van der Waals surface area contributed by atoms with Crippen LogP contribution in [0.1, 0.15) is 17.2 Å². The molecule has 0 radical (unpaired) electrons. The molecule has 3 aromatic carbocycles. The van der Waals surface area contributed by atoms with Crippen LogP contribution >= 0.6 is 11.6 Å². The van der Waals surface area contributed by atoms with Crippen molar-refractivity contribution in [2.75, 3.05) is 9.96 Å². The molecule has 0 bridgehead atoms. The van der Waals surface area contributed by atoms with Gasteiger partial charge in [-0.3, -0.25) is 14.4 Å². The van der Waals surface area contributed by atoms with Gasteiger partial charge in [0.25, 0.3) is 5.91 Å². The number of benzene rings is 3. The minimum absolute atomic E-state index is 0.121. The highest BCUT2D eigenvalue weighted by Crippen LogP contribution is 2.47. The monoisotopic (exact) mass is 434 g/mol. The van der Waals surface area contributed by atoms with E-state index in [1.807, 2.05) is 37.3 Å². The standard InChI is InChI=1S/C24H19ClN2O4/c1-14-7-10-17(13-19(14)25)26-23(29)20-21(15-8-11-18(28)12-9-15)27(31-22(20)24(26)30)16-5-3-2-4-6-16/h2-13,20-22,28H,1H3/t20-,21+,22+/m0/s1. The Hall–Kier alpha value is -3.35. The number of hydroxylamine groups is 1. The predicted molar refractivity (Wildman–Crippen MR) is 117 cm³/mol. The molecule has 0 aromatic heterocycles. The Bertz CT molecular complexity index is 1170. The molecule has 0 spiro atoms. The summed E-state index contributed by atoms with van der Waals surface area (Å²) in [6, 6.07) is 20.5. The summed E-state index contributed by atoms with van der Waals surface area (Å²) in [5.74, 6) is -1.38. The number of imide groups is 1. The van der Waals surface area contributed by atoms with Crippen molar-refractivity contribution < 1.29 is 19.5 Å². The van der Waals surface area contributed by atoms with E-state index >= 15 is 0 Å². The van der Waals surface area contributed by atoms with Gasteiger partial charge in [0, 0.05) is 5.02 Å². The van der Waals surface area contributed by atoms with Crippen LogP contribution in [-0.2, 0) is 14.4 Å². The lowest BCUT2D eigenvalue weighted by atomic mass is 9.90. The SMILES string of the molecule is Cc1ccc(N2C(=O)[C@H]3[C@@H](c4ccc(O)cc4)N(c4ccccc4)O[C@H]3C2=O)cc1Cl. The summed E-state index contributed by atoms with van der Waals surface area (Å²) in [6.45, 7) is 1.86. The smallest absolute Gasteiger partial charge is 0.266 e. The third kappa shape index (κ3) is 3.15. The first-order chi connectivity index (χ1) is 15.0. The lowest BCUT2D eigenvalue weighted by Gasteiger charge is -2.28. The van der Waals surface area contributed by atoms with E-state index in [2.05, 4.69) is 0 Å². The van der Waals surface area contributed by atoms with Gasteiger partial charge in [0.2, 0.25) is 5.91 Å². The maximum Gasteiger partial charge on any atom is 0.266 e. The van der Waals surface area contributed by atoms with Gasteiger partial charge in [-0.1, -0.05) is 48.0 Å². The Morgan fingerprint density at radius 3 is 2.29 bits per heavy atom. The number of phenolic OH excluding ortho intramolecular Hbond substituents is 1. The zero-order valence-corrected chi connectivity index (χ0v) is 17.4. The van der Waals surface area contributed by atoms with Gasteiger partial charge in [-0.2, -0.15) is 0 Å². The molecule has 6 nitrogen and oxygen atoms in total. The third-order valence-electron chi connectivity index (χ3n) is 5.77. The Balaban J connectivity index is 1.58. The van der Waals surface area contributed by atoms with Crippen LogP contribution in [0.25, 0.3) is 0 Å². The summed E-state index contributed by atoms with van der Waals surface area (Å²) in [7, 11) is 0. The van der Waals surface area contributed by atoms with E-state index in [-0.39, 0.29) is 11.7 Å². The van der Waals surface area contributed by atoms with Crippen LogP contribution in [0.15, 0.2) is 72.8 Å². The zero-order valence-electron chi connectivity index (χ0n) is 16.6. The number of carbonyl (C=O) groups is 2. The number of aryl methyl sites for hydroxylation is 1. The number of amides is 2. The van der Waals surface area contributed by atoms with E-state index in [4.69, 9.17) is 16.4 Å². The van der Waals surface area contributed by atoms with Gasteiger partial charge >= 0.3 is 0 Å². The van der Waals surface area contributed by atoms with E-state index in [0.717, 1.165) is 21.7 Å². The fourth-order valence-electron chi connectivity index (χ4n) is 4.20. The molecule has 0 aliphatic carbocycles. The average Bonchev–Trinajstić information content (AvgIpc) is 3.28. The number of hydrogen-bond acceptors (Lipinski definition) is 5. The maximum absolute atomic E-state index is 13.5. The molecule has 2 saturated heterocycles. The number of carbonyl (C=O) groups excluding carboxylic acids is 2. The van der Waals surface area contributed by atoms with E-state index in [1.165, 1.54) is 0 Å². The molecular formula is C24H19ClN2O4. The molecule has 7 heteroatoms. The van der Waals surface area contributed by atoms with Gasteiger partial charge in [-0.05, 0) is 54.4 Å². The van der Waals surface area contributed by atoms with Crippen LogP contribution in [0.5, 0.6) is 5.75 Å². The second-order valence-electron chi connectivity index (χ2n) is 7.69. The van der Waals surface area contributed by atoms with E-state index < -0.39 is 24.0 Å². The second kappa shape index (κ2) is 7.41. The molecule has 0 unspecified atom stereocenters. The molecule has 2 heterocycles. The van der Waals surface area contributed by atoms with Crippen LogP contribution < -0.4 is 9.96 Å². The molecule has 0 saturated carbocycles. The second-order valence-corrected chi connectivity index (χ2v) is 8.10. The minimum atomic E-state index is -0.952. The van der Waals surface area contributed by atoms with Crippen LogP contribution in [0.4, 0.5) is 11.4 Å². The lowest BCUT2D eigenvalue weighted by molar-refractivity contribution is -0.126.